The van der Waals surface area contributed by atoms with Gasteiger partial charge in [-0.05, 0) is 27.7 Å². The van der Waals surface area contributed by atoms with E-state index in [9.17, 15) is 19.2 Å². The molecule has 4 aliphatic rings. The van der Waals surface area contributed by atoms with Crippen LogP contribution in [0.1, 0.15) is 27.7 Å². The van der Waals surface area contributed by atoms with Crippen molar-refractivity contribution >= 4 is 40.0 Å². The minimum absolute atomic E-state index is 0.193. The molecule has 2 saturated carbocycles. The second-order valence-corrected chi connectivity index (χ2v) is 11.6. The second-order valence-electron chi connectivity index (χ2n) is 6.94. The third kappa shape index (κ3) is 2.47. The van der Waals surface area contributed by atoms with Crippen molar-refractivity contribution in [1.82, 2.24) is 0 Å². The molecular formula is C16H22N2O10Si2. The lowest BCUT2D eigenvalue weighted by Crippen LogP contribution is -2.73. The Bertz CT molecular complexity index is 785. The van der Waals surface area contributed by atoms with E-state index in [0.717, 1.165) is 0 Å². The molecule has 14 heteroatoms. The van der Waals surface area contributed by atoms with E-state index >= 15 is 0 Å². The molecule has 0 N–H and O–H groups in total. The molecule has 12 nitrogen and oxygen atoms in total. The van der Waals surface area contributed by atoms with E-state index in [2.05, 4.69) is 10.2 Å². The van der Waals surface area contributed by atoms with Gasteiger partial charge in [-0.25, -0.2) is 0 Å². The van der Waals surface area contributed by atoms with Crippen LogP contribution in [0.25, 0.3) is 0 Å². The molecule has 4 unspecified atom stereocenters. The fourth-order valence-corrected chi connectivity index (χ4v) is 9.16. The van der Waals surface area contributed by atoms with Crippen LogP contribution in [0, 0.1) is 0 Å². The largest absolute Gasteiger partial charge is 0.579 e. The van der Waals surface area contributed by atoms with Gasteiger partial charge in [0.05, 0.1) is 0 Å². The summed E-state index contributed by atoms with van der Waals surface area (Å²) >= 11 is 0. The van der Waals surface area contributed by atoms with Crippen LogP contribution in [0.15, 0.2) is 10.2 Å². The smallest absolute Gasteiger partial charge is 0.369 e. The predicted octanol–water partition coefficient (Wildman–Crippen LogP) is -0.880. The van der Waals surface area contributed by atoms with Crippen molar-refractivity contribution in [3.63, 3.8) is 0 Å². The minimum Gasteiger partial charge on any atom is -0.369 e. The zero-order valence-electron chi connectivity index (χ0n) is 17.0. The Morgan fingerprint density at radius 1 is 0.700 bits per heavy atom. The molecule has 0 radical (unpaired) electrons. The molecule has 0 aromatic heterocycles. The monoisotopic (exact) mass is 458 g/mol. The Morgan fingerprint density at radius 3 is 1.23 bits per heavy atom. The summed E-state index contributed by atoms with van der Waals surface area (Å²) in [5.74, 6) is -1.15. The summed E-state index contributed by atoms with van der Waals surface area (Å²) in [6.45, 7) is 7.50. The van der Waals surface area contributed by atoms with E-state index in [1.54, 1.807) is 27.7 Å². The van der Waals surface area contributed by atoms with Gasteiger partial charge in [0.2, 0.25) is 33.6 Å². The van der Waals surface area contributed by atoms with Crippen molar-refractivity contribution in [1.29, 1.82) is 0 Å². The molecule has 4 rings (SSSR count). The molecule has 4 fully saturated rings. The highest BCUT2D eigenvalue weighted by molar-refractivity contribution is 7.01. The minimum atomic E-state index is -3.56. The molecule has 2 aliphatic carbocycles. The predicted molar refractivity (Wildman–Crippen MR) is 98.1 cm³/mol. The summed E-state index contributed by atoms with van der Waals surface area (Å²) in [5, 5.41) is 6.52. The first-order valence-electron chi connectivity index (χ1n) is 9.80. The van der Waals surface area contributed by atoms with E-state index in [1.165, 1.54) is 0 Å². The van der Waals surface area contributed by atoms with Gasteiger partial charge in [0.15, 0.2) is 12.1 Å². The molecule has 30 heavy (non-hydrogen) atoms. The molecular weight excluding hydrogens is 436 g/mol. The average molecular weight is 459 g/mol. The zero-order chi connectivity index (χ0) is 21.9. The SMILES string of the molecule is CCO[Si]1(OCC)OC2(C(=O)C2N=NC2C(=O)C23O[Si](OCC)(OCC)C3=O)C1=O. The molecule has 164 valence electrons. The summed E-state index contributed by atoms with van der Waals surface area (Å²) < 4.78 is 32.6. The summed E-state index contributed by atoms with van der Waals surface area (Å²) in [6.07, 6.45) is 0. The molecule has 0 amide bonds. The summed E-state index contributed by atoms with van der Waals surface area (Å²) in [4.78, 5) is 49.8. The molecule has 0 aromatic rings. The standard InChI is InChI=1S/C16H22N2O10Si2/c1-5-23-29(24-6-2)13(21)15(27-29)9(11(15)19)17-18-10-12(20)16(10)14(22)30(28-16,25-7-3)26-8-4/h9-10H,5-8H2,1-4H3. The maximum atomic E-state index is 12.7. The number of hydrogen-bond acceptors (Lipinski definition) is 12. The molecule has 0 bridgehead atoms. The van der Waals surface area contributed by atoms with Crippen molar-refractivity contribution in [2.75, 3.05) is 26.4 Å². The quantitative estimate of drug-likeness (QED) is 0.229. The fraction of sp³-hybridized carbons (Fsp3) is 0.750. The summed E-state index contributed by atoms with van der Waals surface area (Å²) in [6, 6.07) is -2.37. The van der Waals surface area contributed by atoms with Gasteiger partial charge < -0.3 is 26.6 Å². The number of hydrogen-bond donors (Lipinski definition) is 0. The molecule has 2 spiro atoms. The summed E-state index contributed by atoms with van der Waals surface area (Å²) in [5.41, 5.74) is -3.49. The number of Topliss-reactive ketones (excluding diaryl/α,β-unsaturated/α-hetero) is 2. The lowest BCUT2D eigenvalue weighted by Gasteiger charge is -2.40. The molecule has 0 aromatic carbocycles. The number of carbonyl (C=O) groups is 4. The first-order chi connectivity index (χ1) is 14.3. The van der Waals surface area contributed by atoms with Gasteiger partial charge in [-0.2, -0.15) is 10.2 Å². The van der Waals surface area contributed by atoms with Crippen LogP contribution in [-0.4, -0.2) is 89.7 Å². The number of rotatable bonds is 10. The topological polar surface area (TPSA) is 148 Å². The van der Waals surface area contributed by atoms with Gasteiger partial charge in [-0.1, -0.05) is 0 Å². The van der Waals surface area contributed by atoms with Crippen molar-refractivity contribution < 1.29 is 45.7 Å². The Balaban J connectivity index is 1.43. The summed E-state index contributed by atoms with van der Waals surface area (Å²) in [7, 11) is -7.13. The maximum absolute atomic E-state index is 12.7. The van der Waals surface area contributed by atoms with E-state index in [0.29, 0.717) is 0 Å². The average Bonchev–Trinajstić information content (AvgIpc) is 3.52. The Morgan fingerprint density at radius 2 is 1.00 bits per heavy atom. The lowest BCUT2D eigenvalue weighted by atomic mass is 10.3. The van der Waals surface area contributed by atoms with Crippen LogP contribution >= 0.6 is 0 Å². The first kappa shape index (κ1) is 21.7. The number of ketones is 2. The zero-order valence-corrected chi connectivity index (χ0v) is 19.0. The highest BCUT2D eigenvalue weighted by Crippen LogP contribution is 2.54. The third-order valence-electron chi connectivity index (χ3n) is 5.29. The van der Waals surface area contributed by atoms with E-state index < -0.39 is 63.3 Å². The number of nitrogens with zero attached hydrogens (tertiary/aromatic N) is 2. The van der Waals surface area contributed by atoms with Crippen LogP contribution in [0.5, 0.6) is 0 Å². The maximum Gasteiger partial charge on any atom is 0.579 e. The number of carbonyl (C=O) groups excluding carboxylic acids is 4. The first-order valence-corrected chi connectivity index (χ1v) is 13.3. The van der Waals surface area contributed by atoms with E-state index in [4.69, 9.17) is 26.6 Å². The van der Waals surface area contributed by atoms with E-state index in [1.807, 2.05) is 0 Å². The molecule has 2 heterocycles. The van der Waals surface area contributed by atoms with Gasteiger partial charge in [-0.3, -0.25) is 19.2 Å². The van der Waals surface area contributed by atoms with Crippen LogP contribution < -0.4 is 0 Å². The van der Waals surface area contributed by atoms with Gasteiger partial charge in [0.25, 0.3) is 0 Å². The van der Waals surface area contributed by atoms with Crippen molar-refractivity contribution in [3.05, 3.63) is 0 Å². The highest BCUT2D eigenvalue weighted by Gasteiger charge is 2.91. The van der Waals surface area contributed by atoms with Crippen LogP contribution in [0.4, 0.5) is 0 Å². The lowest BCUT2D eigenvalue weighted by molar-refractivity contribution is -0.150. The van der Waals surface area contributed by atoms with E-state index in [-0.39, 0.29) is 26.4 Å². The van der Waals surface area contributed by atoms with Gasteiger partial charge in [0.1, 0.15) is 0 Å². The van der Waals surface area contributed by atoms with Gasteiger partial charge >= 0.3 is 17.6 Å². The highest BCUT2D eigenvalue weighted by atomic mass is 28.4. The molecule has 4 atom stereocenters. The molecule has 2 aliphatic heterocycles. The fourth-order valence-electron chi connectivity index (χ4n) is 3.82. The second kappa shape index (κ2) is 6.99. The normalized spacial score (nSPS) is 37.7. The Kier molecular flexibility index (Phi) is 5.06. The van der Waals surface area contributed by atoms with Crippen LogP contribution in [0.3, 0.4) is 0 Å². The van der Waals surface area contributed by atoms with Crippen LogP contribution in [0.2, 0.25) is 0 Å². The Labute approximate surface area is 173 Å². The Hall–Kier alpha value is -1.53. The van der Waals surface area contributed by atoms with Gasteiger partial charge in [-0.15, -0.1) is 0 Å². The van der Waals surface area contributed by atoms with Crippen LogP contribution in [-0.2, 0) is 45.7 Å². The number of azo groups is 1. The van der Waals surface area contributed by atoms with Crippen molar-refractivity contribution in [3.8, 4) is 0 Å². The van der Waals surface area contributed by atoms with Crippen molar-refractivity contribution in [2.24, 2.45) is 10.2 Å². The molecule has 2 saturated heterocycles. The van der Waals surface area contributed by atoms with Gasteiger partial charge in [0, 0.05) is 26.4 Å². The van der Waals surface area contributed by atoms with Crippen molar-refractivity contribution in [2.45, 2.75) is 51.0 Å². The third-order valence-corrected chi connectivity index (χ3v) is 11.0.